The zero-order chi connectivity index (χ0) is 24.7. The van der Waals surface area contributed by atoms with E-state index in [2.05, 4.69) is 15.6 Å². The molecule has 2 N–H and O–H groups in total. The first-order chi connectivity index (χ1) is 16.1. The third-order valence-electron chi connectivity index (χ3n) is 5.71. The van der Waals surface area contributed by atoms with E-state index in [1.165, 1.54) is 0 Å². The van der Waals surface area contributed by atoms with Crippen LogP contribution in [0.2, 0.25) is 5.02 Å². The van der Waals surface area contributed by atoms with Crippen LogP contribution in [0.15, 0.2) is 48.7 Å². The SMILES string of the molecule is CC(C)(C)NC(=O)[C@@H](c1ccc(Cl)cc1)N(C(=O)CCC(=O)Nc1ccccn1)C1CCCC1. The lowest BCUT2D eigenvalue weighted by Gasteiger charge is -2.37. The van der Waals surface area contributed by atoms with Crippen LogP contribution in [0.4, 0.5) is 5.82 Å². The predicted molar refractivity (Wildman–Crippen MR) is 133 cm³/mol. The first kappa shape index (κ1) is 25.7. The zero-order valence-corrected chi connectivity index (χ0v) is 20.8. The van der Waals surface area contributed by atoms with Crippen LogP contribution < -0.4 is 10.6 Å². The number of amides is 3. The quantitative estimate of drug-likeness (QED) is 0.558. The average molecular weight is 485 g/mol. The molecule has 0 radical (unpaired) electrons. The first-order valence-electron chi connectivity index (χ1n) is 11.7. The fourth-order valence-electron chi connectivity index (χ4n) is 4.25. The number of halogens is 1. The Morgan fingerprint density at radius 1 is 1.06 bits per heavy atom. The van der Waals surface area contributed by atoms with Gasteiger partial charge < -0.3 is 15.5 Å². The second-order valence-electron chi connectivity index (χ2n) is 9.70. The summed E-state index contributed by atoms with van der Waals surface area (Å²) in [5.41, 5.74) is 0.235. The number of aromatic nitrogens is 1. The minimum atomic E-state index is -0.800. The molecule has 2 aromatic rings. The Morgan fingerprint density at radius 3 is 2.32 bits per heavy atom. The van der Waals surface area contributed by atoms with E-state index in [0.717, 1.165) is 25.7 Å². The largest absolute Gasteiger partial charge is 0.349 e. The number of hydrogen-bond donors (Lipinski definition) is 2. The van der Waals surface area contributed by atoms with E-state index >= 15 is 0 Å². The lowest BCUT2D eigenvalue weighted by atomic mass is 9.98. The van der Waals surface area contributed by atoms with Crippen LogP contribution in [0.25, 0.3) is 0 Å². The summed E-state index contributed by atoms with van der Waals surface area (Å²) in [7, 11) is 0. The van der Waals surface area contributed by atoms with Crippen molar-refractivity contribution in [1.82, 2.24) is 15.2 Å². The number of pyridine rings is 1. The minimum Gasteiger partial charge on any atom is -0.349 e. The summed E-state index contributed by atoms with van der Waals surface area (Å²) < 4.78 is 0. The van der Waals surface area contributed by atoms with Crippen LogP contribution in [-0.4, -0.2) is 39.2 Å². The number of nitrogens with one attached hydrogen (secondary N) is 2. The summed E-state index contributed by atoms with van der Waals surface area (Å²) in [6.45, 7) is 5.73. The van der Waals surface area contributed by atoms with E-state index in [4.69, 9.17) is 11.6 Å². The third-order valence-corrected chi connectivity index (χ3v) is 5.97. The van der Waals surface area contributed by atoms with E-state index in [-0.39, 0.29) is 36.6 Å². The van der Waals surface area contributed by atoms with Crippen molar-refractivity contribution >= 4 is 35.1 Å². The maximum atomic E-state index is 13.6. The topological polar surface area (TPSA) is 91.4 Å². The van der Waals surface area contributed by atoms with E-state index in [0.29, 0.717) is 16.4 Å². The molecule has 8 heteroatoms. The highest BCUT2D eigenvalue weighted by Crippen LogP contribution is 2.33. The Balaban J connectivity index is 1.84. The van der Waals surface area contributed by atoms with Gasteiger partial charge in [0.25, 0.3) is 0 Å². The van der Waals surface area contributed by atoms with Gasteiger partial charge in [-0.15, -0.1) is 0 Å². The molecule has 182 valence electrons. The van der Waals surface area contributed by atoms with Crippen LogP contribution in [0, 0.1) is 0 Å². The van der Waals surface area contributed by atoms with Crippen molar-refractivity contribution in [2.75, 3.05) is 5.32 Å². The van der Waals surface area contributed by atoms with Gasteiger partial charge in [-0.3, -0.25) is 14.4 Å². The molecule has 1 saturated carbocycles. The Hall–Kier alpha value is -2.93. The fourth-order valence-corrected chi connectivity index (χ4v) is 4.38. The molecule has 1 fully saturated rings. The van der Waals surface area contributed by atoms with Gasteiger partial charge in [0.1, 0.15) is 11.9 Å². The number of benzene rings is 1. The zero-order valence-electron chi connectivity index (χ0n) is 20.0. The normalized spacial score (nSPS) is 14.9. The minimum absolute atomic E-state index is 0.00204. The van der Waals surface area contributed by atoms with Crippen molar-refractivity contribution < 1.29 is 14.4 Å². The lowest BCUT2D eigenvalue weighted by molar-refractivity contribution is -0.144. The molecule has 0 unspecified atom stereocenters. The van der Waals surface area contributed by atoms with Crippen molar-refractivity contribution in [3.8, 4) is 0 Å². The summed E-state index contributed by atoms with van der Waals surface area (Å²) in [6.07, 6.45) is 5.27. The Morgan fingerprint density at radius 2 is 1.74 bits per heavy atom. The van der Waals surface area contributed by atoms with Crippen LogP contribution >= 0.6 is 11.6 Å². The molecule has 0 bridgehead atoms. The van der Waals surface area contributed by atoms with Crippen LogP contribution in [-0.2, 0) is 14.4 Å². The van der Waals surface area contributed by atoms with Crippen molar-refractivity contribution in [1.29, 1.82) is 0 Å². The summed E-state index contributed by atoms with van der Waals surface area (Å²) in [6, 6.07) is 11.4. The maximum Gasteiger partial charge on any atom is 0.247 e. The van der Waals surface area contributed by atoms with E-state index in [1.54, 1.807) is 53.6 Å². The smallest absolute Gasteiger partial charge is 0.247 e. The number of rotatable bonds is 8. The van der Waals surface area contributed by atoms with Crippen LogP contribution in [0.5, 0.6) is 0 Å². The third kappa shape index (κ3) is 7.29. The molecule has 7 nitrogen and oxygen atoms in total. The molecule has 1 heterocycles. The van der Waals surface area contributed by atoms with Gasteiger partial charge in [-0.2, -0.15) is 0 Å². The van der Waals surface area contributed by atoms with Gasteiger partial charge in [-0.25, -0.2) is 4.98 Å². The second kappa shape index (κ2) is 11.5. The predicted octanol–water partition coefficient (Wildman–Crippen LogP) is 4.88. The first-order valence-corrected chi connectivity index (χ1v) is 12.1. The molecule has 1 aromatic carbocycles. The highest BCUT2D eigenvalue weighted by atomic mass is 35.5. The summed E-state index contributed by atoms with van der Waals surface area (Å²) in [5.74, 6) is -0.308. The fraction of sp³-hybridized carbons (Fsp3) is 0.462. The van der Waals surface area contributed by atoms with Gasteiger partial charge in [-0.05, 0) is 63.4 Å². The average Bonchev–Trinajstić information content (AvgIpc) is 3.30. The lowest BCUT2D eigenvalue weighted by Crippen LogP contribution is -2.51. The van der Waals surface area contributed by atoms with E-state index in [1.807, 2.05) is 20.8 Å². The van der Waals surface area contributed by atoms with Gasteiger partial charge in [0.05, 0.1) is 0 Å². The molecule has 3 rings (SSSR count). The van der Waals surface area contributed by atoms with Crippen molar-refractivity contribution in [3.63, 3.8) is 0 Å². The molecule has 1 aromatic heterocycles. The van der Waals surface area contributed by atoms with Crippen molar-refractivity contribution in [2.45, 2.75) is 76.9 Å². The second-order valence-corrected chi connectivity index (χ2v) is 10.1. The molecular formula is C26H33ClN4O3. The van der Waals surface area contributed by atoms with Gasteiger partial charge in [0.2, 0.25) is 17.7 Å². The van der Waals surface area contributed by atoms with E-state index in [9.17, 15) is 14.4 Å². The molecule has 0 aliphatic heterocycles. The number of nitrogens with zero attached hydrogens (tertiary/aromatic N) is 2. The summed E-state index contributed by atoms with van der Waals surface area (Å²) in [5, 5.41) is 6.31. The Bertz CT molecular complexity index is 983. The molecule has 0 spiro atoms. The Labute approximate surface area is 206 Å². The number of hydrogen-bond acceptors (Lipinski definition) is 4. The van der Waals surface area contributed by atoms with Gasteiger partial charge in [-0.1, -0.05) is 42.6 Å². The standard InChI is InChI=1S/C26H33ClN4O3/c1-26(2,3)30-25(34)24(18-11-13-19(27)14-12-18)31(20-8-4-5-9-20)23(33)16-15-22(32)29-21-10-6-7-17-28-21/h6-7,10-14,17,20,24H,4-5,8-9,15-16H2,1-3H3,(H,30,34)(H,28,29,32)/t24-/m1/s1. The van der Waals surface area contributed by atoms with E-state index < -0.39 is 11.6 Å². The number of anilines is 1. The highest BCUT2D eigenvalue weighted by Gasteiger charge is 2.38. The molecule has 34 heavy (non-hydrogen) atoms. The molecule has 1 aliphatic carbocycles. The van der Waals surface area contributed by atoms with Crippen LogP contribution in [0.1, 0.15) is 70.9 Å². The van der Waals surface area contributed by atoms with Crippen molar-refractivity contribution in [2.24, 2.45) is 0 Å². The van der Waals surface area contributed by atoms with Gasteiger partial charge >= 0.3 is 0 Å². The molecular weight excluding hydrogens is 452 g/mol. The molecule has 1 atom stereocenters. The molecule has 3 amide bonds. The molecule has 0 saturated heterocycles. The van der Waals surface area contributed by atoms with Crippen molar-refractivity contribution in [3.05, 3.63) is 59.2 Å². The van der Waals surface area contributed by atoms with Crippen LogP contribution in [0.3, 0.4) is 0 Å². The summed E-state index contributed by atoms with van der Waals surface area (Å²) in [4.78, 5) is 45.3. The highest BCUT2D eigenvalue weighted by molar-refractivity contribution is 6.30. The van der Waals surface area contributed by atoms with Gasteiger partial charge in [0.15, 0.2) is 0 Å². The number of carbonyl (C=O) groups is 3. The van der Waals surface area contributed by atoms with Gasteiger partial charge in [0, 0.05) is 35.6 Å². The number of carbonyl (C=O) groups excluding carboxylic acids is 3. The summed E-state index contributed by atoms with van der Waals surface area (Å²) >= 11 is 6.09. The monoisotopic (exact) mass is 484 g/mol. The Kier molecular flexibility index (Phi) is 8.67. The molecule has 1 aliphatic rings. The maximum absolute atomic E-state index is 13.6.